The standard InChI is InChI=1S/C24H32F5N5O3/c1-36-18-13-37-5-3-17(18)31-14-2-4-23(7-14,8-20(25)26)22(35)34-12-15-6-16(34)11-33(15)21-10-30-9-19(32-21)24(27,28)29/h9-10,14-18,20,31H,2-8,11-13H2,1H3/t14-,15+,16+,17+,18-,23+/m1/s1/i1D. The zero-order chi connectivity index (χ0) is 27.1. The Morgan fingerprint density at radius 3 is 2.86 bits per heavy atom. The van der Waals surface area contributed by atoms with Crippen LogP contribution in [0.25, 0.3) is 0 Å². The van der Waals surface area contributed by atoms with Crippen LogP contribution in [-0.4, -0.2) is 90.9 Å². The SMILES string of the molecule is [2H]CO[C@@H]1COCC[C@@H]1N[C@@H]1CC[C@](CC(F)F)(C(=O)N2C[C@@H]3C[C@H]2CN3c2cncc(C(F)(F)F)n2)C1. The number of nitrogens with zero attached hydrogens (tertiary/aromatic N) is 4. The molecule has 0 spiro atoms. The third-order valence-corrected chi connectivity index (χ3v) is 8.28. The average Bonchev–Trinajstić information content (AvgIpc) is 3.59. The highest BCUT2D eigenvalue weighted by molar-refractivity contribution is 5.84. The maximum Gasteiger partial charge on any atom is 0.434 e. The molecule has 6 atom stereocenters. The van der Waals surface area contributed by atoms with Crippen LogP contribution in [0.5, 0.6) is 0 Å². The van der Waals surface area contributed by atoms with Crippen molar-refractivity contribution < 1.29 is 37.6 Å². The summed E-state index contributed by atoms with van der Waals surface area (Å²) in [6, 6.07) is -0.753. The van der Waals surface area contributed by atoms with Crippen molar-refractivity contribution in [1.82, 2.24) is 20.2 Å². The molecule has 0 radical (unpaired) electrons. The molecule has 4 aliphatic rings. The first-order valence-electron chi connectivity index (χ1n) is 13.3. The zero-order valence-corrected chi connectivity index (χ0v) is 20.3. The largest absolute Gasteiger partial charge is 0.434 e. The van der Waals surface area contributed by atoms with Gasteiger partial charge in [0.05, 0.1) is 44.0 Å². The number of carbonyl (C=O) groups excluding carboxylic acids is 1. The van der Waals surface area contributed by atoms with Crippen LogP contribution in [0.15, 0.2) is 12.4 Å². The van der Waals surface area contributed by atoms with Gasteiger partial charge >= 0.3 is 6.18 Å². The third kappa shape index (κ3) is 5.26. The van der Waals surface area contributed by atoms with E-state index in [0.717, 1.165) is 0 Å². The normalized spacial score (nSPS) is 34.4. The number of rotatable bonds is 7. The van der Waals surface area contributed by atoms with E-state index in [-0.39, 0.29) is 68.6 Å². The molecule has 4 fully saturated rings. The monoisotopic (exact) mass is 534 g/mol. The summed E-state index contributed by atoms with van der Waals surface area (Å²) in [5.41, 5.74) is -2.28. The summed E-state index contributed by atoms with van der Waals surface area (Å²) in [7, 11) is -0.203. The highest BCUT2D eigenvalue weighted by atomic mass is 19.4. The zero-order valence-electron chi connectivity index (χ0n) is 21.3. The van der Waals surface area contributed by atoms with Gasteiger partial charge in [0.25, 0.3) is 0 Å². The predicted molar refractivity (Wildman–Crippen MR) is 122 cm³/mol. The maximum absolute atomic E-state index is 13.8. The molecular weight excluding hydrogens is 501 g/mol. The van der Waals surface area contributed by atoms with Crippen LogP contribution in [0.1, 0.15) is 45.6 Å². The van der Waals surface area contributed by atoms with Gasteiger partial charge < -0.3 is 24.6 Å². The summed E-state index contributed by atoms with van der Waals surface area (Å²) in [6.07, 6.45) is -3.75. The summed E-state index contributed by atoms with van der Waals surface area (Å²) in [5, 5.41) is 3.49. The smallest absolute Gasteiger partial charge is 0.379 e. The first-order valence-corrected chi connectivity index (χ1v) is 12.6. The van der Waals surface area contributed by atoms with E-state index >= 15 is 0 Å². The molecule has 0 unspecified atom stereocenters. The van der Waals surface area contributed by atoms with Crippen LogP contribution in [0.3, 0.4) is 0 Å². The molecule has 3 saturated heterocycles. The van der Waals surface area contributed by atoms with Gasteiger partial charge in [-0.05, 0) is 32.1 Å². The van der Waals surface area contributed by atoms with Crippen LogP contribution in [0.4, 0.5) is 27.8 Å². The average molecular weight is 535 g/mol. The van der Waals surface area contributed by atoms with E-state index in [2.05, 4.69) is 15.3 Å². The lowest BCUT2D eigenvalue weighted by atomic mass is 9.80. The molecule has 3 aliphatic heterocycles. The number of hydrogen-bond acceptors (Lipinski definition) is 7. The summed E-state index contributed by atoms with van der Waals surface area (Å²) in [6.45, 7) is 1.43. The number of amides is 1. The fourth-order valence-corrected chi connectivity index (χ4v) is 6.53. The first kappa shape index (κ1) is 25.2. The Hall–Kier alpha value is -2.12. The van der Waals surface area contributed by atoms with Crippen molar-refractivity contribution in [3.8, 4) is 0 Å². The Morgan fingerprint density at radius 1 is 1.32 bits per heavy atom. The second-order valence-corrected chi connectivity index (χ2v) is 10.6. The number of aromatic nitrogens is 2. The molecule has 1 aromatic rings. The van der Waals surface area contributed by atoms with Crippen LogP contribution in [-0.2, 0) is 20.4 Å². The molecule has 1 aliphatic carbocycles. The second-order valence-electron chi connectivity index (χ2n) is 10.6. The van der Waals surface area contributed by atoms with E-state index in [1.165, 1.54) is 6.20 Å². The van der Waals surface area contributed by atoms with Gasteiger partial charge in [0.1, 0.15) is 5.82 Å². The van der Waals surface area contributed by atoms with Gasteiger partial charge in [-0.3, -0.25) is 9.78 Å². The lowest BCUT2D eigenvalue weighted by Crippen LogP contribution is -2.54. The molecule has 8 nitrogen and oxygen atoms in total. The van der Waals surface area contributed by atoms with E-state index in [1.807, 2.05) is 0 Å². The molecule has 0 aromatic carbocycles. The number of anilines is 1. The van der Waals surface area contributed by atoms with Crippen molar-refractivity contribution in [3.63, 3.8) is 0 Å². The number of carbonyl (C=O) groups is 1. The predicted octanol–water partition coefficient (Wildman–Crippen LogP) is 2.87. The molecular formula is C24H32F5N5O3. The summed E-state index contributed by atoms with van der Waals surface area (Å²) in [5.74, 6) is -0.192. The molecule has 13 heteroatoms. The summed E-state index contributed by atoms with van der Waals surface area (Å²) >= 11 is 0. The van der Waals surface area contributed by atoms with E-state index in [9.17, 15) is 26.7 Å². The fourth-order valence-electron chi connectivity index (χ4n) is 6.53. The third-order valence-electron chi connectivity index (χ3n) is 8.28. The number of likely N-dealkylation sites (tertiary alicyclic amines) is 1. The minimum absolute atomic E-state index is 0.0820. The van der Waals surface area contributed by atoms with Crippen molar-refractivity contribution in [1.29, 1.82) is 0 Å². The minimum Gasteiger partial charge on any atom is -0.379 e. The number of piperazine rings is 1. The van der Waals surface area contributed by atoms with Gasteiger partial charge in [0.2, 0.25) is 12.3 Å². The Morgan fingerprint density at radius 2 is 2.16 bits per heavy atom. The molecule has 1 amide bonds. The summed E-state index contributed by atoms with van der Waals surface area (Å²) in [4.78, 5) is 24.6. The topological polar surface area (TPSA) is 79.8 Å². The number of fused-ring (bicyclic) bond motifs is 2. The lowest BCUT2D eigenvalue weighted by molar-refractivity contribution is -0.146. The maximum atomic E-state index is 13.8. The number of alkyl halides is 5. The van der Waals surface area contributed by atoms with E-state index in [0.29, 0.717) is 45.1 Å². The fraction of sp³-hybridized carbons (Fsp3) is 0.792. The van der Waals surface area contributed by atoms with Gasteiger partial charge in [-0.1, -0.05) is 0 Å². The van der Waals surface area contributed by atoms with Gasteiger partial charge in [-0.15, -0.1) is 0 Å². The van der Waals surface area contributed by atoms with Gasteiger partial charge in [-0.2, -0.15) is 13.2 Å². The molecule has 37 heavy (non-hydrogen) atoms. The number of methoxy groups -OCH3 is 1. The van der Waals surface area contributed by atoms with Gasteiger partial charge in [-0.25, -0.2) is 13.8 Å². The van der Waals surface area contributed by atoms with Crippen LogP contribution in [0, 0.1) is 5.41 Å². The van der Waals surface area contributed by atoms with Crippen molar-refractivity contribution >= 4 is 11.7 Å². The summed E-state index contributed by atoms with van der Waals surface area (Å²) < 4.78 is 85.1. The van der Waals surface area contributed by atoms with Crippen LogP contribution >= 0.6 is 0 Å². The van der Waals surface area contributed by atoms with Crippen molar-refractivity contribution in [2.75, 3.05) is 38.3 Å². The highest BCUT2D eigenvalue weighted by Gasteiger charge is 2.54. The molecule has 5 rings (SSSR count). The Balaban J connectivity index is 1.26. The Labute approximate surface area is 213 Å². The highest BCUT2D eigenvalue weighted by Crippen LogP contribution is 2.47. The number of halogens is 5. The molecule has 1 saturated carbocycles. The Kier molecular flexibility index (Phi) is 6.95. The Bertz CT molecular complexity index is 1000. The van der Waals surface area contributed by atoms with Crippen molar-refractivity contribution in [2.45, 2.75) is 81.4 Å². The number of nitrogens with one attached hydrogen (secondary N) is 1. The van der Waals surface area contributed by atoms with E-state index in [1.54, 1.807) is 9.80 Å². The first-order chi connectivity index (χ1) is 18.1. The second kappa shape index (κ2) is 10.2. The van der Waals surface area contributed by atoms with E-state index in [4.69, 9.17) is 10.8 Å². The molecule has 4 heterocycles. The van der Waals surface area contributed by atoms with Crippen molar-refractivity contribution in [3.05, 3.63) is 18.1 Å². The van der Waals surface area contributed by atoms with Gasteiger partial charge in [0.15, 0.2) is 5.69 Å². The molecule has 206 valence electrons. The quantitative estimate of drug-likeness (QED) is 0.539. The lowest BCUT2D eigenvalue weighted by Gasteiger charge is -2.40. The van der Waals surface area contributed by atoms with Crippen LogP contribution < -0.4 is 10.2 Å². The molecule has 1 N–H and O–H groups in total. The molecule has 2 bridgehead atoms. The number of ether oxygens (including phenoxy) is 2. The van der Waals surface area contributed by atoms with Gasteiger partial charge in [0, 0.05) is 45.3 Å². The van der Waals surface area contributed by atoms with Crippen LogP contribution in [0.2, 0.25) is 0 Å². The van der Waals surface area contributed by atoms with Crippen molar-refractivity contribution in [2.24, 2.45) is 5.41 Å². The molecule has 1 aromatic heterocycles. The number of hydrogen-bond donors (Lipinski definition) is 1. The minimum atomic E-state index is -4.61. The van der Waals surface area contributed by atoms with E-state index < -0.39 is 30.1 Å².